The largest absolute Gasteiger partial charge is 0.348 e. The van der Waals surface area contributed by atoms with E-state index < -0.39 is 0 Å². The molecule has 0 amide bonds. The predicted octanol–water partition coefficient (Wildman–Crippen LogP) is 4.00. The van der Waals surface area contributed by atoms with Crippen molar-refractivity contribution in [3.05, 3.63) is 23.0 Å². The number of Topliss-reactive ketones (excluding diaryl/α,β-unsaturated/α-hetero) is 1. The van der Waals surface area contributed by atoms with E-state index in [2.05, 4.69) is 52.2 Å². The fourth-order valence-electron chi connectivity index (χ4n) is 2.90. The van der Waals surface area contributed by atoms with Crippen molar-refractivity contribution in [1.29, 1.82) is 0 Å². The maximum atomic E-state index is 12.2. The second kappa shape index (κ2) is 3.97. The second-order valence-corrected chi connectivity index (χ2v) is 7.73. The first-order chi connectivity index (χ1) is 8.09. The summed E-state index contributed by atoms with van der Waals surface area (Å²) in [5, 5.41) is 0. The van der Waals surface area contributed by atoms with Crippen LogP contribution in [0, 0.1) is 17.8 Å². The van der Waals surface area contributed by atoms with E-state index in [1.165, 1.54) is 11.4 Å². The van der Waals surface area contributed by atoms with Crippen LogP contribution in [0.1, 0.15) is 62.8 Å². The molecule has 0 fully saturated rings. The minimum atomic E-state index is 0.102. The zero-order valence-corrected chi connectivity index (χ0v) is 12.6. The van der Waals surface area contributed by atoms with Gasteiger partial charge >= 0.3 is 0 Å². The zero-order chi connectivity index (χ0) is 13.7. The molecule has 0 unspecified atom stereocenters. The summed E-state index contributed by atoms with van der Waals surface area (Å²) in [5.41, 5.74) is 3.79. The molecule has 0 aliphatic heterocycles. The van der Waals surface area contributed by atoms with Crippen molar-refractivity contribution in [3.8, 4) is 0 Å². The molecule has 0 spiro atoms. The first-order valence-electron chi connectivity index (χ1n) is 6.81. The van der Waals surface area contributed by atoms with Gasteiger partial charge in [0.15, 0.2) is 5.78 Å². The van der Waals surface area contributed by atoms with Crippen LogP contribution in [0.5, 0.6) is 0 Å². The number of rotatable bonds is 1. The van der Waals surface area contributed by atoms with Crippen LogP contribution < -0.4 is 0 Å². The Morgan fingerprint density at radius 3 is 2.44 bits per heavy atom. The molecule has 1 heterocycles. The van der Waals surface area contributed by atoms with Gasteiger partial charge in [-0.05, 0) is 30.2 Å². The van der Waals surface area contributed by atoms with E-state index in [-0.39, 0.29) is 10.8 Å². The van der Waals surface area contributed by atoms with Gasteiger partial charge < -0.3 is 4.57 Å². The van der Waals surface area contributed by atoms with Crippen LogP contribution in [0.15, 0.2) is 6.07 Å². The number of carbonyl (C=O) groups excluding carboxylic acids is 1. The van der Waals surface area contributed by atoms with E-state index in [9.17, 15) is 4.79 Å². The predicted molar refractivity (Wildman–Crippen MR) is 75.1 cm³/mol. The number of hydrogen-bond donors (Lipinski definition) is 0. The average molecular weight is 247 g/mol. The quantitative estimate of drug-likeness (QED) is 0.735. The van der Waals surface area contributed by atoms with Gasteiger partial charge in [0.2, 0.25) is 0 Å². The normalized spacial score (nSPS) is 18.9. The van der Waals surface area contributed by atoms with Crippen LogP contribution in [0.2, 0.25) is 0 Å². The number of carbonyl (C=O) groups is 1. The lowest BCUT2D eigenvalue weighted by Crippen LogP contribution is -2.29. The topological polar surface area (TPSA) is 22.0 Å². The Morgan fingerprint density at radius 2 is 1.89 bits per heavy atom. The molecule has 2 rings (SSSR count). The van der Waals surface area contributed by atoms with Crippen LogP contribution in [0.4, 0.5) is 0 Å². The van der Waals surface area contributed by atoms with Gasteiger partial charge in [0.05, 0.1) is 0 Å². The summed E-state index contributed by atoms with van der Waals surface area (Å²) in [4.78, 5) is 12.2. The highest BCUT2D eigenvalue weighted by Crippen LogP contribution is 2.37. The first kappa shape index (κ1) is 13.4. The van der Waals surface area contributed by atoms with Crippen molar-refractivity contribution in [1.82, 2.24) is 4.57 Å². The molecule has 0 aromatic carbocycles. The van der Waals surface area contributed by atoms with Gasteiger partial charge in [-0.15, -0.1) is 0 Å². The molecule has 1 aliphatic carbocycles. The maximum absolute atomic E-state index is 12.2. The molecule has 18 heavy (non-hydrogen) atoms. The summed E-state index contributed by atoms with van der Waals surface area (Å²) in [6, 6.07) is 2.08. The van der Waals surface area contributed by atoms with E-state index in [4.69, 9.17) is 0 Å². The minimum Gasteiger partial charge on any atom is -0.348 e. The van der Waals surface area contributed by atoms with Gasteiger partial charge in [0.25, 0.3) is 0 Å². The van der Waals surface area contributed by atoms with E-state index in [0.717, 1.165) is 18.5 Å². The summed E-state index contributed by atoms with van der Waals surface area (Å²) in [7, 11) is 0. The van der Waals surface area contributed by atoms with Crippen LogP contribution >= 0.6 is 0 Å². The van der Waals surface area contributed by atoms with Crippen molar-refractivity contribution in [2.75, 3.05) is 0 Å². The van der Waals surface area contributed by atoms with Crippen LogP contribution in [-0.2, 0) is 13.0 Å². The van der Waals surface area contributed by atoms with Crippen molar-refractivity contribution in [2.24, 2.45) is 10.8 Å². The van der Waals surface area contributed by atoms with Crippen molar-refractivity contribution in [2.45, 2.75) is 60.9 Å². The zero-order valence-electron chi connectivity index (χ0n) is 12.6. The van der Waals surface area contributed by atoms with Gasteiger partial charge in [-0.3, -0.25) is 4.79 Å². The van der Waals surface area contributed by atoms with Crippen LogP contribution in [-0.4, -0.2) is 10.4 Å². The monoisotopic (exact) mass is 247 g/mol. The maximum Gasteiger partial charge on any atom is 0.165 e. The Morgan fingerprint density at radius 1 is 1.28 bits per heavy atom. The highest BCUT2D eigenvalue weighted by Gasteiger charge is 2.34. The summed E-state index contributed by atoms with van der Waals surface area (Å²) < 4.78 is 2.36. The summed E-state index contributed by atoms with van der Waals surface area (Å²) in [5.74, 6) is 0.317. The lowest BCUT2D eigenvalue weighted by atomic mass is 9.76. The van der Waals surface area contributed by atoms with Gasteiger partial charge in [-0.1, -0.05) is 34.6 Å². The molecule has 2 heteroatoms. The molecule has 100 valence electrons. The highest BCUT2D eigenvalue weighted by molar-refractivity contribution is 5.99. The molecule has 0 bridgehead atoms. The van der Waals surface area contributed by atoms with E-state index in [1.54, 1.807) is 0 Å². The lowest BCUT2D eigenvalue weighted by Gasteiger charge is -2.31. The van der Waals surface area contributed by atoms with E-state index in [0.29, 0.717) is 12.2 Å². The molecular weight excluding hydrogens is 222 g/mol. The number of aryl methyl sites for hydroxylation is 1. The molecular formula is C16H25NO. The molecule has 0 radical (unpaired) electrons. The Kier molecular flexibility index (Phi) is 2.95. The standard InChI is InChI=1S/C16H25NO/c1-11-7-12-13(17(11)10-15(2,3)4)8-16(5,6)9-14(12)18/h7H,8-10H2,1-6H3. The molecule has 1 aromatic rings. The molecule has 0 atom stereocenters. The minimum absolute atomic E-state index is 0.102. The molecule has 1 aliphatic rings. The molecule has 0 N–H and O–H groups in total. The number of hydrogen-bond acceptors (Lipinski definition) is 1. The fourth-order valence-corrected chi connectivity index (χ4v) is 2.90. The molecule has 2 nitrogen and oxygen atoms in total. The van der Waals surface area contributed by atoms with E-state index >= 15 is 0 Å². The van der Waals surface area contributed by atoms with Crippen LogP contribution in [0.25, 0.3) is 0 Å². The number of aromatic nitrogens is 1. The Labute approximate surface area is 110 Å². The molecule has 0 saturated heterocycles. The average Bonchev–Trinajstić information content (AvgIpc) is 2.41. The third-order valence-electron chi connectivity index (χ3n) is 3.63. The molecule has 1 aromatic heterocycles. The third kappa shape index (κ3) is 2.52. The van der Waals surface area contributed by atoms with Crippen molar-refractivity contribution < 1.29 is 4.79 Å². The fraction of sp³-hybridized carbons (Fsp3) is 0.688. The smallest absolute Gasteiger partial charge is 0.165 e. The Balaban J connectivity index is 2.48. The lowest BCUT2D eigenvalue weighted by molar-refractivity contribution is 0.0909. The van der Waals surface area contributed by atoms with E-state index in [1.807, 2.05) is 0 Å². The second-order valence-electron chi connectivity index (χ2n) is 7.73. The Hall–Kier alpha value is -1.05. The summed E-state index contributed by atoms with van der Waals surface area (Å²) >= 11 is 0. The Bertz CT molecular complexity index is 486. The van der Waals surface area contributed by atoms with Crippen LogP contribution in [0.3, 0.4) is 0 Å². The van der Waals surface area contributed by atoms with Crippen molar-refractivity contribution >= 4 is 5.78 Å². The SMILES string of the molecule is Cc1cc2c(n1CC(C)(C)C)CC(C)(C)CC2=O. The van der Waals surface area contributed by atoms with Gasteiger partial charge in [-0.2, -0.15) is 0 Å². The van der Waals surface area contributed by atoms with Gasteiger partial charge in [-0.25, -0.2) is 0 Å². The summed E-state index contributed by atoms with van der Waals surface area (Å²) in [6.07, 6.45) is 1.69. The number of nitrogens with zero attached hydrogens (tertiary/aromatic N) is 1. The van der Waals surface area contributed by atoms with Crippen molar-refractivity contribution in [3.63, 3.8) is 0 Å². The molecule has 0 saturated carbocycles. The first-order valence-corrected chi connectivity index (χ1v) is 6.81. The summed E-state index contributed by atoms with van der Waals surface area (Å²) in [6.45, 7) is 14.2. The van der Waals surface area contributed by atoms with Gasteiger partial charge in [0.1, 0.15) is 0 Å². The third-order valence-corrected chi connectivity index (χ3v) is 3.63. The number of ketones is 1. The van der Waals surface area contributed by atoms with Gasteiger partial charge in [0, 0.05) is 29.9 Å². The highest BCUT2D eigenvalue weighted by atomic mass is 16.1. The number of fused-ring (bicyclic) bond motifs is 1.